The van der Waals surface area contributed by atoms with E-state index in [0.717, 1.165) is 25.0 Å². The SMILES string of the molecule is CC(C)(CCC(=O)O)NC(=O)Nc1cnc2c(c1)CCCC2. The second kappa shape index (κ2) is 6.77. The van der Waals surface area contributed by atoms with Crippen molar-refractivity contribution in [1.29, 1.82) is 0 Å². The van der Waals surface area contributed by atoms with Gasteiger partial charge < -0.3 is 15.7 Å². The summed E-state index contributed by atoms with van der Waals surface area (Å²) < 4.78 is 0. The van der Waals surface area contributed by atoms with Gasteiger partial charge in [-0.2, -0.15) is 0 Å². The number of carboxylic acids is 1. The van der Waals surface area contributed by atoms with Gasteiger partial charge in [-0.1, -0.05) is 0 Å². The van der Waals surface area contributed by atoms with Gasteiger partial charge in [0.15, 0.2) is 0 Å². The van der Waals surface area contributed by atoms with Crippen molar-refractivity contribution in [3.63, 3.8) is 0 Å². The maximum atomic E-state index is 12.0. The van der Waals surface area contributed by atoms with Gasteiger partial charge >= 0.3 is 12.0 Å². The summed E-state index contributed by atoms with van der Waals surface area (Å²) >= 11 is 0. The number of carbonyl (C=O) groups is 2. The van der Waals surface area contributed by atoms with E-state index in [9.17, 15) is 9.59 Å². The number of hydrogen-bond donors (Lipinski definition) is 3. The molecule has 1 heterocycles. The van der Waals surface area contributed by atoms with Gasteiger partial charge in [-0.3, -0.25) is 9.78 Å². The van der Waals surface area contributed by atoms with Crippen molar-refractivity contribution in [2.45, 2.75) is 57.9 Å². The Bertz CT molecular complexity index is 570. The number of hydrogen-bond acceptors (Lipinski definition) is 3. The Balaban J connectivity index is 1.92. The molecule has 22 heavy (non-hydrogen) atoms. The predicted octanol–water partition coefficient (Wildman–Crippen LogP) is 2.73. The lowest BCUT2D eigenvalue weighted by molar-refractivity contribution is -0.137. The van der Waals surface area contributed by atoms with Crippen molar-refractivity contribution < 1.29 is 14.7 Å². The van der Waals surface area contributed by atoms with E-state index < -0.39 is 11.5 Å². The molecule has 120 valence electrons. The average molecular weight is 305 g/mol. The Kier molecular flexibility index (Phi) is 5.00. The summed E-state index contributed by atoms with van der Waals surface area (Å²) in [6.07, 6.45) is 6.41. The molecule has 2 rings (SSSR count). The van der Waals surface area contributed by atoms with Gasteiger partial charge in [0.25, 0.3) is 0 Å². The summed E-state index contributed by atoms with van der Waals surface area (Å²) in [5, 5.41) is 14.3. The first kappa shape index (κ1) is 16.3. The van der Waals surface area contributed by atoms with Crippen LogP contribution in [0.2, 0.25) is 0 Å². The van der Waals surface area contributed by atoms with Crippen LogP contribution in [0, 0.1) is 0 Å². The number of aryl methyl sites for hydroxylation is 2. The van der Waals surface area contributed by atoms with Gasteiger partial charge in [-0.05, 0) is 57.6 Å². The molecule has 0 radical (unpaired) electrons. The molecule has 0 spiro atoms. The van der Waals surface area contributed by atoms with E-state index in [1.165, 1.54) is 12.0 Å². The topological polar surface area (TPSA) is 91.3 Å². The van der Waals surface area contributed by atoms with E-state index in [1.54, 1.807) is 20.0 Å². The summed E-state index contributed by atoms with van der Waals surface area (Å²) in [6.45, 7) is 3.61. The van der Waals surface area contributed by atoms with Crippen LogP contribution in [0.15, 0.2) is 12.3 Å². The van der Waals surface area contributed by atoms with Crippen LogP contribution in [0.25, 0.3) is 0 Å². The lowest BCUT2D eigenvalue weighted by Crippen LogP contribution is -2.45. The van der Waals surface area contributed by atoms with Crippen molar-refractivity contribution >= 4 is 17.7 Å². The highest BCUT2D eigenvalue weighted by atomic mass is 16.4. The van der Waals surface area contributed by atoms with Crippen LogP contribution in [0.5, 0.6) is 0 Å². The Morgan fingerprint density at radius 1 is 1.32 bits per heavy atom. The van der Waals surface area contributed by atoms with E-state index in [-0.39, 0.29) is 12.5 Å². The van der Waals surface area contributed by atoms with Gasteiger partial charge in [0.1, 0.15) is 0 Å². The summed E-state index contributed by atoms with van der Waals surface area (Å²) in [7, 11) is 0. The normalized spacial score (nSPS) is 14.1. The number of urea groups is 1. The van der Waals surface area contributed by atoms with Crippen LogP contribution >= 0.6 is 0 Å². The monoisotopic (exact) mass is 305 g/mol. The Labute approximate surface area is 130 Å². The Morgan fingerprint density at radius 2 is 2.05 bits per heavy atom. The maximum absolute atomic E-state index is 12.0. The number of aliphatic carboxylic acids is 1. The van der Waals surface area contributed by atoms with E-state index in [1.807, 2.05) is 6.07 Å². The summed E-state index contributed by atoms with van der Waals surface area (Å²) in [4.78, 5) is 27.1. The largest absolute Gasteiger partial charge is 0.481 e. The number of carboxylic acid groups (broad SMARTS) is 1. The molecule has 0 bridgehead atoms. The molecule has 2 amide bonds. The standard InChI is InChI=1S/C16H23N3O3/c1-16(2,8-7-14(20)21)19-15(22)18-12-9-11-5-3-4-6-13(11)17-10-12/h9-10H,3-8H2,1-2H3,(H,20,21)(H2,18,19,22). The van der Waals surface area contributed by atoms with Gasteiger partial charge in [0.05, 0.1) is 11.9 Å². The molecule has 1 aliphatic rings. The number of nitrogens with zero attached hydrogens (tertiary/aromatic N) is 1. The summed E-state index contributed by atoms with van der Waals surface area (Å²) in [5.74, 6) is -0.867. The fourth-order valence-corrected chi connectivity index (χ4v) is 2.61. The van der Waals surface area contributed by atoms with Crippen molar-refractivity contribution in [2.75, 3.05) is 5.32 Å². The van der Waals surface area contributed by atoms with E-state index in [0.29, 0.717) is 12.1 Å². The van der Waals surface area contributed by atoms with Crippen molar-refractivity contribution in [1.82, 2.24) is 10.3 Å². The zero-order chi connectivity index (χ0) is 16.2. The molecule has 3 N–H and O–H groups in total. The number of amides is 2. The molecule has 6 heteroatoms. The molecule has 0 saturated heterocycles. The minimum absolute atomic E-state index is 0.0215. The number of aromatic nitrogens is 1. The number of anilines is 1. The molecule has 1 aromatic heterocycles. The lowest BCUT2D eigenvalue weighted by Gasteiger charge is -2.26. The first-order chi connectivity index (χ1) is 10.4. The number of pyridine rings is 1. The number of carbonyl (C=O) groups excluding carboxylic acids is 1. The third kappa shape index (κ3) is 4.72. The number of fused-ring (bicyclic) bond motifs is 1. The highest BCUT2D eigenvalue weighted by molar-refractivity contribution is 5.89. The molecule has 1 aliphatic carbocycles. The number of rotatable bonds is 5. The van der Waals surface area contributed by atoms with E-state index in [4.69, 9.17) is 5.11 Å². The molecule has 0 fully saturated rings. The van der Waals surface area contributed by atoms with Gasteiger partial charge in [-0.25, -0.2) is 4.79 Å². The van der Waals surface area contributed by atoms with Gasteiger partial charge in [0.2, 0.25) is 0 Å². The van der Waals surface area contributed by atoms with Crippen LogP contribution < -0.4 is 10.6 Å². The van der Waals surface area contributed by atoms with Crippen LogP contribution in [0.1, 0.15) is 50.8 Å². The highest BCUT2D eigenvalue weighted by Crippen LogP contribution is 2.22. The highest BCUT2D eigenvalue weighted by Gasteiger charge is 2.21. The molecule has 0 unspecified atom stereocenters. The molecule has 0 atom stereocenters. The third-order valence-corrected chi connectivity index (χ3v) is 3.84. The van der Waals surface area contributed by atoms with Crippen molar-refractivity contribution in [3.8, 4) is 0 Å². The lowest BCUT2D eigenvalue weighted by atomic mass is 9.96. The van der Waals surface area contributed by atoms with Crippen LogP contribution in [0.3, 0.4) is 0 Å². The second-order valence-electron chi connectivity index (χ2n) is 6.39. The fourth-order valence-electron chi connectivity index (χ4n) is 2.61. The molecule has 6 nitrogen and oxygen atoms in total. The fraction of sp³-hybridized carbons (Fsp3) is 0.562. The molecule has 0 saturated carbocycles. The zero-order valence-corrected chi connectivity index (χ0v) is 13.1. The molecule has 1 aromatic rings. The minimum atomic E-state index is -0.867. The Morgan fingerprint density at radius 3 is 2.77 bits per heavy atom. The van der Waals surface area contributed by atoms with Crippen molar-refractivity contribution in [2.24, 2.45) is 0 Å². The third-order valence-electron chi connectivity index (χ3n) is 3.84. The summed E-state index contributed by atoms with van der Waals surface area (Å²) in [5.41, 5.74) is 2.42. The molecule has 0 aliphatic heterocycles. The Hall–Kier alpha value is -2.11. The smallest absolute Gasteiger partial charge is 0.319 e. The quantitative estimate of drug-likeness (QED) is 0.780. The van der Waals surface area contributed by atoms with E-state index in [2.05, 4.69) is 15.6 Å². The van der Waals surface area contributed by atoms with Crippen LogP contribution in [-0.2, 0) is 17.6 Å². The van der Waals surface area contributed by atoms with Gasteiger partial charge in [-0.15, -0.1) is 0 Å². The minimum Gasteiger partial charge on any atom is -0.481 e. The molecular formula is C16H23N3O3. The van der Waals surface area contributed by atoms with Gasteiger partial charge in [0, 0.05) is 17.7 Å². The second-order valence-corrected chi connectivity index (χ2v) is 6.39. The number of nitrogens with one attached hydrogen (secondary N) is 2. The average Bonchev–Trinajstić information content (AvgIpc) is 2.44. The van der Waals surface area contributed by atoms with E-state index >= 15 is 0 Å². The molecule has 0 aromatic carbocycles. The van der Waals surface area contributed by atoms with Crippen molar-refractivity contribution in [3.05, 3.63) is 23.5 Å². The first-order valence-electron chi connectivity index (χ1n) is 7.64. The first-order valence-corrected chi connectivity index (χ1v) is 7.64. The van der Waals surface area contributed by atoms with Crippen LogP contribution in [-0.4, -0.2) is 27.6 Å². The maximum Gasteiger partial charge on any atom is 0.319 e. The predicted molar refractivity (Wildman–Crippen MR) is 84.0 cm³/mol. The zero-order valence-electron chi connectivity index (χ0n) is 13.1. The molecular weight excluding hydrogens is 282 g/mol. The van der Waals surface area contributed by atoms with Crippen LogP contribution in [0.4, 0.5) is 10.5 Å². The summed E-state index contributed by atoms with van der Waals surface area (Å²) in [6, 6.07) is 1.64.